The van der Waals surface area contributed by atoms with Crippen molar-refractivity contribution in [2.75, 3.05) is 0 Å². The van der Waals surface area contributed by atoms with E-state index in [1.165, 1.54) is 0 Å². The molecule has 0 atom stereocenters. The molecular weight excluding hydrogens is 230 g/mol. The maximum absolute atomic E-state index is 11.3. The van der Waals surface area contributed by atoms with Crippen molar-refractivity contribution in [1.82, 2.24) is 0 Å². The fourth-order valence-electron chi connectivity index (χ4n) is 2.81. The van der Waals surface area contributed by atoms with Crippen LogP contribution < -0.4 is 0 Å². The van der Waals surface area contributed by atoms with Gasteiger partial charge in [-0.05, 0) is 38.5 Å². The molecule has 96 valence electrons. The first kappa shape index (κ1) is 12.7. The summed E-state index contributed by atoms with van der Waals surface area (Å²) in [4.78, 5) is 22.0. The Hall–Kier alpha value is -1.71. The molecular formula is C14H17NO3. The molecule has 0 unspecified atom stereocenters. The summed E-state index contributed by atoms with van der Waals surface area (Å²) in [6, 6.07) is 6.95. The Morgan fingerprint density at radius 3 is 2.39 bits per heavy atom. The number of hydrogen-bond acceptors (Lipinski definition) is 3. The van der Waals surface area contributed by atoms with Gasteiger partial charge in [0.25, 0.3) is 5.69 Å². The lowest BCUT2D eigenvalue weighted by atomic mass is 9.77. The molecule has 18 heavy (non-hydrogen) atoms. The molecule has 1 aliphatic rings. The SMILES string of the molecule is CC(=O)C1CCC(c2ccccc2[N+](=O)[O-])CC1. The quantitative estimate of drug-likeness (QED) is 0.607. The molecule has 1 aromatic carbocycles. The van der Waals surface area contributed by atoms with Crippen LogP contribution in [0.1, 0.15) is 44.1 Å². The third kappa shape index (κ3) is 2.58. The maximum Gasteiger partial charge on any atom is 0.272 e. The Morgan fingerprint density at radius 1 is 1.22 bits per heavy atom. The highest BCUT2D eigenvalue weighted by Gasteiger charge is 2.28. The molecule has 0 aliphatic heterocycles. The van der Waals surface area contributed by atoms with Crippen LogP contribution in [0, 0.1) is 16.0 Å². The summed E-state index contributed by atoms with van der Waals surface area (Å²) < 4.78 is 0. The molecule has 0 N–H and O–H groups in total. The van der Waals surface area contributed by atoms with Crippen LogP contribution in [0.2, 0.25) is 0 Å². The number of nitro benzene ring substituents is 1. The zero-order valence-electron chi connectivity index (χ0n) is 10.5. The predicted molar refractivity (Wildman–Crippen MR) is 68.5 cm³/mol. The molecule has 2 rings (SSSR count). The van der Waals surface area contributed by atoms with Crippen molar-refractivity contribution in [1.29, 1.82) is 0 Å². The fraction of sp³-hybridized carbons (Fsp3) is 0.500. The van der Waals surface area contributed by atoms with E-state index in [0.717, 1.165) is 31.2 Å². The third-order valence-corrected chi connectivity index (χ3v) is 3.88. The lowest BCUT2D eigenvalue weighted by Crippen LogP contribution is -2.19. The van der Waals surface area contributed by atoms with Crippen LogP contribution in [-0.4, -0.2) is 10.7 Å². The maximum atomic E-state index is 11.3. The number of hydrogen-bond donors (Lipinski definition) is 0. The zero-order chi connectivity index (χ0) is 13.1. The van der Waals surface area contributed by atoms with Gasteiger partial charge in [0.1, 0.15) is 5.78 Å². The van der Waals surface area contributed by atoms with Gasteiger partial charge in [-0.3, -0.25) is 14.9 Å². The summed E-state index contributed by atoms with van der Waals surface area (Å²) in [7, 11) is 0. The molecule has 1 aromatic rings. The molecule has 0 aromatic heterocycles. The van der Waals surface area contributed by atoms with Crippen molar-refractivity contribution in [3.63, 3.8) is 0 Å². The minimum absolute atomic E-state index is 0.156. The molecule has 0 spiro atoms. The number of ketones is 1. The summed E-state index contributed by atoms with van der Waals surface area (Å²) in [5.41, 5.74) is 1.04. The number of para-hydroxylation sites is 1. The Labute approximate surface area is 106 Å². The van der Waals surface area contributed by atoms with Crippen molar-refractivity contribution >= 4 is 11.5 Å². The van der Waals surface area contributed by atoms with Crippen LogP contribution in [0.3, 0.4) is 0 Å². The highest BCUT2D eigenvalue weighted by molar-refractivity contribution is 5.78. The van der Waals surface area contributed by atoms with Gasteiger partial charge in [-0.15, -0.1) is 0 Å². The van der Waals surface area contributed by atoms with Gasteiger partial charge in [-0.1, -0.05) is 18.2 Å². The zero-order valence-corrected chi connectivity index (χ0v) is 10.5. The summed E-state index contributed by atoms with van der Waals surface area (Å²) in [6.45, 7) is 1.63. The van der Waals surface area contributed by atoms with Crippen LogP contribution in [0.25, 0.3) is 0 Å². The predicted octanol–water partition coefficient (Wildman–Crippen LogP) is 3.46. The lowest BCUT2D eigenvalue weighted by molar-refractivity contribution is -0.385. The van der Waals surface area contributed by atoms with Crippen LogP contribution in [0.4, 0.5) is 5.69 Å². The first-order valence-electron chi connectivity index (χ1n) is 6.33. The molecule has 4 nitrogen and oxygen atoms in total. The van der Waals surface area contributed by atoms with Crippen molar-refractivity contribution in [3.05, 3.63) is 39.9 Å². The molecule has 4 heteroatoms. The van der Waals surface area contributed by atoms with E-state index in [2.05, 4.69) is 0 Å². The normalized spacial score (nSPS) is 23.6. The number of nitrogens with zero attached hydrogens (tertiary/aromatic N) is 1. The van der Waals surface area contributed by atoms with Crippen molar-refractivity contribution in [2.24, 2.45) is 5.92 Å². The Bertz CT molecular complexity index is 462. The molecule has 0 saturated heterocycles. The Morgan fingerprint density at radius 2 is 1.83 bits per heavy atom. The van der Waals surface area contributed by atoms with Gasteiger partial charge in [-0.2, -0.15) is 0 Å². The van der Waals surface area contributed by atoms with E-state index in [0.29, 0.717) is 0 Å². The van der Waals surface area contributed by atoms with Gasteiger partial charge < -0.3 is 0 Å². The number of rotatable bonds is 3. The lowest BCUT2D eigenvalue weighted by Gasteiger charge is -2.26. The molecule has 1 fully saturated rings. The number of Topliss-reactive ketones (excluding diaryl/α,β-unsaturated/α-hetero) is 1. The molecule has 0 heterocycles. The fourth-order valence-corrected chi connectivity index (χ4v) is 2.81. The van der Waals surface area contributed by atoms with Crippen molar-refractivity contribution in [3.8, 4) is 0 Å². The van der Waals surface area contributed by atoms with Gasteiger partial charge in [0, 0.05) is 17.5 Å². The third-order valence-electron chi connectivity index (χ3n) is 3.88. The molecule has 1 saturated carbocycles. The van der Waals surface area contributed by atoms with Gasteiger partial charge >= 0.3 is 0 Å². The number of benzene rings is 1. The Kier molecular flexibility index (Phi) is 3.75. The summed E-state index contributed by atoms with van der Waals surface area (Å²) in [6.07, 6.45) is 3.45. The van der Waals surface area contributed by atoms with E-state index >= 15 is 0 Å². The average molecular weight is 247 g/mol. The first-order valence-corrected chi connectivity index (χ1v) is 6.33. The van der Waals surface area contributed by atoms with Crippen molar-refractivity contribution < 1.29 is 9.72 Å². The Balaban J connectivity index is 2.15. The topological polar surface area (TPSA) is 60.2 Å². The first-order chi connectivity index (χ1) is 8.59. The van der Waals surface area contributed by atoms with Gasteiger partial charge in [0.2, 0.25) is 0 Å². The van der Waals surface area contributed by atoms with Crippen LogP contribution in [0.5, 0.6) is 0 Å². The van der Waals surface area contributed by atoms with Gasteiger partial charge in [0.05, 0.1) is 4.92 Å². The van der Waals surface area contributed by atoms with Gasteiger partial charge in [-0.25, -0.2) is 0 Å². The second kappa shape index (κ2) is 5.29. The van der Waals surface area contributed by atoms with E-state index in [-0.39, 0.29) is 28.2 Å². The highest BCUT2D eigenvalue weighted by atomic mass is 16.6. The highest BCUT2D eigenvalue weighted by Crippen LogP contribution is 2.39. The summed E-state index contributed by atoms with van der Waals surface area (Å²) >= 11 is 0. The summed E-state index contributed by atoms with van der Waals surface area (Å²) in [5, 5.41) is 11.0. The van der Waals surface area contributed by atoms with Crippen molar-refractivity contribution in [2.45, 2.75) is 38.5 Å². The molecule has 1 aliphatic carbocycles. The summed E-state index contributed by atoms with van der Waals surface area (Å²) in [5.74, 6) is 0.627. The van der Waals surface area contributed by atoms with Gasteiger partial charge in [0.15, 0.2) is 0 Å². The number of nitro groups is 1. The largest absolute Gasteiger partial charge is 0.300 e. The monoisotopic (exact) mass is 247 g/mol. The average Bonchev–Trinajstić information content (AvgIpc) is 2.39. The van der Waals surface area contributed by atoms with Crippen LogP contribution >= 0.6 is 0 Å². The standard InChI is InChI=1S/C14H17NO3/c1-10(16)11-6-8-12(9-7-11)13-4-2-3-5-14(13)15(17)18/h2-5,11-12H,6-9H2,1H3. The van der Waals surface area contributed by atoms with Crippen LogP contribution in [-0.2, 0) is 4.79 Å². The van der Waals surface area contributed by atoms with E-state index in [9.17, 15) is 14.9 Å². The smallest absolute Gasteiger partial charge is 0.272 e. The minimum Gasteiger partial charge on any atom is -0.300 e. The molecule has 0 amide bonds. The second-order valence-corrected chi connectivity index (χ2v) is 4.98. The van der Waals surface area contributed by atoms with E-state index in [1.807, 2.05) is 12.1 Å². The molecule has 0 bridgehead atoms. The number of carbonyl (C=O) groups excluding carboxylic acids is 1. The minimum atomic E-state index is -0.313. The van der Waals surface area contributed by atoms with E-state index in [1.54, 1.807) is 19.1 Å². The van der Waals surface area contributed by atoms with Crippen LogP contribution in [0.15, 0.2) is 24.3 Å². The molecule has 0 radical (unpaired) electrons. The number of carbonyl (C=O) groups is 1. The van der Waals surface area contributed by atoms with E-state index < -0.39 is 0 Å². The second-order valence-electron chi connectivity index (χ2n) is 4.98. The van der Waals surface area contributed by atoms with E-state index in [4.69, 9.17) is 0 Å².